The number of carboxylic acid groups (broad SMARTS) is 1. The predicted molar refractivity (Wildman–Crippen MR) is 63.8 cm³/mol. The van der Waals surface area contributed by atoms with Gasteiger partial charge in [0.05, 0.1) is 18.8 Å². The second-order valence-corrected chi connectivity index (χ2v) is 4.43. The molecule has 1 aromatic rings. The highest BCUT2D eigenvalue weighted by atomic mass is 16.5. The number of nitrogens with zero attached hydrogens (tertiary/aromatic N) is 1. The molecule has 0 aliphatic carbocycles. The van der Waals surface area contributed by atoms with Gasteiger partial charge in [-0.1, -0.05) is 30.3 Å². The Hall–Kier alpha value is -1.39. The van der Waals surface area contributed by atoms with Crippen LogP contribution in [0.2, 0.25) is 0 Å². The third-order valence-corrected chi connectivity index (χ3v) is 2.87. The second-order valence-electron chi connectivity index (χ2n) is 4.43. The quantitative estimate of drug-likeness (QED) is 0.863. The van der Waals surface area contributed by atoms with E-state index in [1.807, 2.05) is 42.2 Å². The summed E-state index contributed by atoms with van der Waals surface area (Å²) in [7, 11) is 0. The van der Waals surface area contributed by atoms with Gasteiger partial charge in [-0.25, -0.2) is 0 Å². The highest BCUT2D eigenvalue weighted by Crippen LogP contribution is 2.24. The molecule has 1 N–H and O–H groups in total. The Balaban J connectivity index is 2.06. The maximum atomic E-state index is 10.7. The summed E-state index contributed by atoms with van der Waals surface area (Å²) in [5.74, 6) is -0.786. The molecule has 17 heavy (non-hydrogen) atoms. The van der Waals surface area contributed by atoms with Crippen LogP contribution in [-0.2, 0) is 9.53 Å². The number of carboxylic acids is 1. The number of ether oxygens (including phenoxy) is 1. The lowest BCUT2D eigenvalue weighted by Gasteiger charge is -2.36. The first-order chi connectivity index (χ1) is 8.15. The Morgan fingerprint density at radius 1 is 1.41 bits per heavy atom. The maximum absolute atomic E-state index is 10.7. The van der Waals surface area contributed by atoms with Crippen LogP contribution in [0.5, 0.6) is 0 Å². The molecule has 0 aromatic heterocycles. The van der Waals surface area contributed by atoms with Gasteiger partial charge in [-0.2, -0.15) is 0 Å². The van der Waals surface area contributed by atoms with Crippen molar-refractivity contribution in [2.75, 3.05) is 19.6 Å². The van der Waals surface area contributed by atoms with Gasteiger partial charge in [0.1, 0.15) is 0 Å². The fourth-order valence-electron chi connectivity index (χ4n) is 2.21. The maximum Gasteiger partial charge on any atom is 0.317 e. The zero-order chi connectivity index (χ0) is 12.3. The van der Waals surface area contributed by atoms with Gasteiger partial charge in [0.2, 0.25) is 0 Å². The summed E-state index contributed by atoms with van der Waals surface area (Å²) in [6, 6.07) is 9.94. The first kappa shape index (κ1) is 12.1. The summed E-state index contributed by atoms with van der Waals surface area (Å²) >= 11 is 0. The number of morpholine rings is 1. The molecule has 92 valence electrons. The van der Waals surface area contributed by atoms with Crippen molar-refractivity contribution in [3.05, 3.63) is 35.9 Å². The predicted octanol–water partition coefficient (Wildman–Crippen LogP) is 1.53. The Bertz CT molecular complexity index is 380. The molecule has 2 atom stereocenters. The van der Waals surface area contributed by atoms with E-state index in [1.54, 1.807) is 0 Å². The summed E-state index contributed by atoms with van der Waals surface area (Å²) in [4.78, 5) is 12.7. The first-order valence-corrected chi connectivity index (χ1v) is 5.79. The van der Waals surface area contributed by atoms with E-state index in [0.29, 0.717) is 13.1 Å². The smallest absolute Gasteiger partial charge is 0.317 e. The lowest BCUT2D eigenvalue weighted by molar-refractivity contribution is -0.142. The van der Waals surface area contributed by atoms with Gasteiger partial charge < -0.3 is 9.84 Å². The van der Waals surface area contributed by atoms with Crippen molar-refractivity contribution >= 4 is 5.97 Å². The highest BCUT2D eigenvalue weighted by Gasteiger charge is 2.27. The summed E-state index contributed by atoms with van der Waals surface area (Å²) in [5.41, 5.74) is 1.11. The van der Waals surface area contributed by atoms with E-state index in [9.17, 15) is 4.79 Å². The fourth-order valence-corrected chi connectivity index (χ4v) is 2.21. The molecule has 1 aromatic carbocycles. The minimum atomic E-state index is -0.786. The molecule has 1 saturated heterocycles. The summed E-state index contributed by atoms with van der Waals surface area (Å²) in [5, 5.41) is 8.83. The van der Waals surface area contributed by atoms with Crippen molar-refractivity contribution in [2.45, 2.75) is 19.1 Å². The van der Waals surface area contributed by atoms with Gasteiger partial charge in [0.25, 0.3) is 0 Å². The third-order valence-electron chi connectivity index (χ3n) is 2.87. The van der Waals surface area contributed by atoms with Gasteiger partial charge in [-0.05, 0) is 12.5 Å². The van der Waals surface area contributed by atoms with Crippen molar-refractivity contribution in [1.82, 2.24) is 4.90 Å². The number of carbonyl (C=O) groups is 1. The van der Waals surface area contributed by atoms with Crippen LogP contribution >= 0.6 is 0 Å². The van der Waals surface area contributed by atoms with Crippen LogP contribution in [0.1, 0.15) is 18.6 Å². The molecule has 0 unspecified atom stereocenters. The zero-order valence-electron chi connectivity index (χ0n) is 9.87. The molecule has 1 aliphatic heterocycles. The molecule has 1 fully saturated rings. The number of aliphatic carboxylic acids is 1. The molecule has 0 spiro atoms. The summed E-state index contributed by atoms with van der Waals surface area (Å²) in [6.07, 6.45) is 0.0348. The van der Waals surface area contributed by atoms with E-state index >= 15 is 0 Å². The Kier molecular flexibility index (Phi) is 3.76. The molecule has 1 heterocycles. The van der Waals surface area contributed by atoms with Crippen LogP contribution in [0.4, 0.5) is 0 Å². The van der Waals surface area contributed by atoms with Gasteiger partial charge >= 0.3 is 5.97 Å². The van der Waals surface area contributed by atoms with Crippen molar-refractivity contribution in [3.63, 3.8) is 0 Å². The number of rotatable bonds is 3. The Morgan fingerprint density at radius 2 is 2.12 bits per heavy atom. The molecule has 4 heteroatoms. The average Bonchev–Trinajstić information content (AvgIpc) is 2.28. The van der Waals surface area contributed by atoms with E-state index in [2.05, 4.69) is 0 Å². The van der Waals surface area contributed by atoms with Crippen molar-refractivity contribution in [1.29, 1.82) is 0 Å². The van der Waals surface area contributed by atoms with E-state index in [0.717, 1.165) is 5.56 Å². The largest absolute Gasteiger partial charge is 0.480 e. The lowest BCUT2D eigenvalue weighted by Crippen LogP contribution is -2.44. The summed E-state index contributed by atoms with van der Waals surface area (Å²) in [6.45, 7) is 3.37. The molecule has 0 amide bonds. The second kappa shape index (κ2) is 5.29. The van der Waals surface area contributed by atoms with Crippen LogP contribution in [0, 0.1) is 0 Å². The molecule has 1 aliphatic rings. The molecule has 0 radical (unpaired) electrons. The van der Waals surface area contributed by atoms with Gasteiger partial charge in [-0.15, -0.1) is 0 Å². The van der Waals surface area contributed by atoms with Crippen molar-refractivity contribution in [3.8, 4) is 0 Å². The number of hydrogen-bond acceptors (Lipinski definition) is 3. The van der Waals surface area contributed by atoms with Gasteiger partial charge in [0.15, 0.2) is 0 Å². The summed E-state index contributed by atoms with van der Waals surface area (Å²) < 4.78 is 5.85. The van der Waals surface area contributed by atoms with Crippen LogP contribution in [0.15, 0.2) is 30.3 Å². The van der Waals surface area contributed by atoms with E-state index < -0.39 is 5.97 Å². The average molecular weight is 235 g/mol. The SMILES string of the molecule is C[C@H]1CN(CC(=O)O)C[C@H](c2ccccc2)O1. The molecule has 4 nitrogen and oxygen atoms in total. The van der Waals surface area contributed by atoms with E-state index in [-0.39, 0.29) is 18.8 Å². The van der Waals surface area contributed by atoms with Gasteiger partial charge in [-0.3, -0.25) is 9.69 Å². The first-order valence-electron chi connectivity index (χ1n) is 5.79. The third kappa shape index (κ3) is 3.28. The Morgan fingerprint density at radius 3 is 2.76 bits per heavy atom. The molecular formula is C13H17NO3. The fraction of sp³-hybridized carbons (Fsp3) is 0.462. The van der Waals surface area contributed by atoms with Crippen molar-refractivity contribution in [2.24, 2.45) is 0 Å². The van der Waals surface area contributed by atoms with E-state index in [1.165, 1.54) is 0 Å². The lowest BCUT2D eigenvalue weighted by atomic mass is 10.1. The molecule has 2 rings (SSSR count). The zero-order valence-corrected chi connectivity index (χ0v) is 9.87. The minimum absolute atomic E-state index is 0.0284. The number of benzene rings is 1. The normalized spacial score (nSPS) is 25.7. The standard InChI is InChI=1S/C13H17NO3/c1-10-7-14(9-13(15)16)8-12(17-10)11-5-3-2-4-6-11/h2-6,10,12H,7-9H2,1H3,(H,15,16)/t10-,12+/m0/s1. The Labute approximate surface area is 101 Å². The molecular weight excluding hydrogens is 218 g/mol. The molecule has 0 bridgehead atoms. The monoisotopic (exact) mass is 235 g/mol. The van der Waals surface area contributed by atoms with Crippen LogP contribution < -0.4 is 0 Å². The number of hydrogen-bond donors (Lipinski definition) is 1. The van der Waals surface area contributed by atoms with E-state index in [4.69, 9.17) is 9.84 Å². The van der Waals surface area contributed by atoms with Crippen LogP contribution in [0.25, 0.3) is 0 Å². The van der Waals surface area contributed by atoms with Crippen LogP contribution in [0.3, 0.4) is 0 Å². The highest BCUT2D eigenvalue weighted by molar-refractivity contribution is 5.69. The minimum Gasteiger partial charge on any atom is -0.480 e. The molecule has 0 saturated carbocycles. The van der Waals surface area contributed by atoms with Gasteiger partial charge in [0, 0.05) is 13.1 Å². The van der Waals surface area contributed by atoms with Crippen LogP contribution in [-0.4, -0.2) is 41.7 Å². The van der Waals surface area contributed by atoms with Crippen molar-refractivity contribution < 1.29 is 14.6 Å². The topological polar surface area (TPSA) is 49.8 Å².